The molecule has 2 saturated heterocycles. The van der Waals surface area contributed by atoms with E-state index in [0.717, 1.165) is 39.9 Å². The van der Waals surface area contributed by atoms with Gasteiger partial charge in [0, 0.05) is 36.6 Å². The molecule has 0 saturated carbocycles. The lowest BCUT2D eigenvalue weighted by atomic mass is 9.55. The van der Waals surface area contributed by atoms with Gasteiger partial charge >= 0.3 is 5.97 Å². The fraction of sp³-hybridized carbons (Fsp3) is 0.243. The fourth-order valence-electron chi connectivity index (χ4n) is 7.99. The third-order valence-electron chi connectivity index (χ3n) is 9.86. The molecule has 2 bridgehead atoms. The second-order valence-electron chi connectivity index (χ2n) is 12.1. The minimum absolute atomic E-state index is 0.0624. The Kier molecular flexibility index (Phi) is 6.05. The van der Waals surface area contributed by atoms with E-state index in [2.05, 4.69) is 24.3 Å². The van der Waals surface area contributed by atoms with Crippen LogP contribution in [0.2, 0.25) is 0 Å². The molecule has 0 radical (unpaired) electrons. The minimum atomic E-state index is -0.623. The number of ether oxygens (including phenoxy) is 1. The first-order valence-corrected chi connectivity index (χ1v) is 15.2. The number of esters is 1. The molecule has 0 N–H and O–H groups in total. The van der Waals surface area contributed by atoms with Crippen LogP contribution in [0.5, 0.6) is 5.75 Å². The van der Waals surface area contributed by atoms with E-state index in [0.29, 0.717) is 5.69 Å². The summed E-state index contributed by atoms with van der Waals surface area (Å²) in [5.74, 6) is -2.85. The number of anilines is 2. The van der Waals surface area contributed by atoms with Gasteiger partial charge in [-0.2, -0.15) is 0 Å². The number of hydrogen-bond acceptors (Lipinski definition) is 5. The highest BCUT2D eigenvalue weighted by atomic mass is 16.5. The van der Waals surface area contributed by atoms with Crippen molar-refractivity contribution in [1.82, 2.24) is 0 Å². The summed E-state index contributed by atoms with van der Waals surface area (Å²) >= 11 is 0. The minimum Gasteiger partial charge on any atom is -0.426 e. The number of carbonyl (C=O) groups excluding carboxylic acids is 4. The monoisotopic (exact) mass is 582 g/mol. The fourth-order valence-corrected chi connectivity index (χ4v) is 7.99. The number of imide groups is 1. The molecule has 3 amide bonds. The van der Waals surface area contributed by atoms with Crippen LogP contribution in [0.4, 0.5) is 11.4 Å². The second-order valence-corrected chi connectivity index (χ2v) is 12.1. The summed E-state index contributed by atoms with van der Waals surface area (Å²) in [6.45, 7) is 2.27. The number of carbonyl (C=O) groups is 4. The predicted molar refractivity (Wildman–Crippen MR) is 164 cm³/mol. The summed E-state index contributed by atoms with van der Waals surface area (Å²) in [4.78, 5) is 57.3. The molecule has 0 aromatic heterocycles. The normalized spacial score (nSPS) is 24.8. The van der Waals surface area contributed by atoms with E-state index in [1.54, 1.807) is 29.2 Å². The van der Waals surface area contributed by atoms with Crippen molar-refractivity contribution in [3.05, 3.63) is 125 Å². The summed E-state index contributed by atoms with van der Waals surface area (Å²) in [6, 6.07) is 30.6. The first-order chi connectivity index (χ1) is 21.5. The van der Waals surface area contributed by atoms with Crippen LogP contribution >= 0.6 is 0 Å². The highest BCUT2D eigenvalue weighted by molar-refractivity contribution is 6.23. The Morgan fingerprint density at radius 3 is 1.91 bits per heavy atom. The molecule has 9 rings (SSSR count). The molecule has 3 aliphatic carbocycles. The standard InChI is InChI=1S/C37H30N2O5/c1-2-21-10-3-8-17-29(21)38-20-22(18-30(38)40)37(43)44-24-12-9-11-23(19-24)39-35(41)33-31-25-13-4-5-14-26(25)32(34(33)36(39)42)28-16-7-6-15-27(28)31/h3-17,19,22,31-34H,2,18,20H2,1H3/t22-,31?,32?,33-,34+/m0/s1. The second kappa shape index (κ2) is 10.0. The van der Waals surface area contributed by atoms with Crippen LogP contribution in [-0.2, 0) is 25.6 Å². The Morgan fingerprint density at radius 2 is 1.32 bits per heavy atom. The van der Waals surface area contributed by atoms with Gasteiger partial charge in [-0.15, -0.1) is 0 Å². The number of hydrogen-bond donors (Lipinski definition) is 0. The molecule has 4 aromatic rings. The Morgan fingerprint density at radius 1 is 0.750 bits per heavy atom. The lowest BCUT2D eigenvalue weighted by Gasteiger charge is -2.45. The highest BCUT2D eigenvalue weighted by Crippen LogP contribution is 2.61. The van der Waals surface area contributed by atoms with Crippen LogP contribution in [0, 0.1) is 17.8 Å². The largest absolute Gasteiger partial charge is 0.426 e. The first-order valence-electron chi connectivity index (χ1n) is 15.2. The van der Waals surface area contributed by atoms with E-state index in [-0.39, 0.29) is 48.3 Å². The lowest BCUT2D eigenvalue weighted by molar-refractivity contribution is -0.139. The molecule has 44 heavy (non-hydrogen) atoms. The van der Waals surface area contributed by atoms with Crippen molar-refractivity contribution in [3.8, 4) is 5.75 Å². The van der Waals surface area contributed by atoms with E-state index in [4.69, 9.17) is 4.74 Å². The number of rotatable bonds is 5. The van der Waals surface area contributed by atoms with Gasteiger partial charge in [0.1, 0.15) is 5.75 Å². The molecule has 0 spiro atoms. The van der Waals surface area contributed by atoms with E-state index in [1.165, 1.54) is 4.90 Å². The van der Waals surface area contributed by atoms with Crippen LogP contribution in [-0.4, -0.2) is 30.2 Å². The molecule has 218 valence electrons. The number of amides is 3. The lowest BCUT2D eigenvalue weighted by Crippen LogP contribution is -2.41. The van der Waals surface area contributed by atoms with Crippen molar-refractivity contribution in [2.75, 3.05) is 16.3 Å². The van der Waals surface area contributed by atoms with Crippen LogP contribution < -0.4 is 14.5 Å². The third-order valence-corrected chi connectivity index (χ3v) is 9.86. The van der Waals surface area contributed by atoms with E-state index in [1.807, 2.05) is 55.5 Å². The van der Waals surface area contributed by atoms with Crippen LogP contribution in [0.3, 0.4) is 0 Å². The number of nitrogens with zero attached hydrogens (tertiary/aromatic N) is 2. The van der Waals surface area contributed by atoms with Crippen LogP contribution in [0.15, 0.2) is 97.1 Å². The summed E-state index contributed by atoms with van der Waals surface area (Å²) in [7, 11) is 0. The van der Waals surface area contributed by atoms with E-state index in [9.17, 15) is 19.2 Å². The highest BCUT2D eigenvalue weighted by Gasteiger charge is 2.61. The molecule has 5 aliphatic rings. The van der Waals surface area contributed by atoms with Gasteiger partial charge in [0.2, 0.25) is 17.7 Å². The Labute approximate surface area is 255 Å². The van der Waals surface area contributed by atoms with Gasteiger partial charge in [-0.3, -0.25) is 19.2 Å². The molecule has 3 atom stereocenters. The van der Waals surface area contributed by atoms with E-state index >= 15 is 0 Å². The molecular weight excluding hydrogens is 552 g/mol. The van der Waals surface area contributed by atoms with Crippen molar-refractivity contribution >= 4 is 35.1 Å². The van der Waals surface area contributed by atoms with Gasteiger partial charge in [0.05, 0.1) is 23.4 Å². The zero-order valence-electron chi connectivity index (χ0n) is 24.2. The average Bonchev–Trinajstić information content (AvgIpc) is 3.57. The smallest absolute Gasteiger partial charge is 0.316 e. The summed E-state index contributed by atoms with van der Waals surface area (Å²) in [5, 5.41) is 0. The number of para-hydroxylation sites is 1. The summed E-state index contributed by atoms with van der Waals surface area (Å²) in [5.41, 5.74) is 6.71. The number of benzene rings is 4. The van der Waals surface area contributed by atoms with Gasteiger partial charge in [0.15, 0.2) is 0 Å². The zero-order valence-corrected chi connectivity index (χ0v) is 24.2. The maximum atomic E-state index is 14.1. The van der Waals surface area contributed by atoms with Gasteiger partial charge in [-0.25, -0.2) is 4.90 Å². The van der Waals surface area contributed by atoms with Crippen molar-refractivity contribution in [3.63, 3.8) is 0 Å². The summed E-state index contributed by atoms with van der Waals surface area (Å²) < 4.78 is 5.77. The van der Waals surface area contributed by atoms with Gasteiger partial charge < -0.3 is 9.64 Å². The molecule has 2 aliphatic heterocycles. The maximum Gasteiger partial charge on any atom is 0.316 e. The Balaban J connectivity index is 1.06. The zero-order chi connectivity index (χ0) is 30.1. The molecule has 4 aromatic carbocycles. The van der Waals surface area contributed by atoms with Crippen molar-refractivity contribution in [2.45, 2.75) is 31.6 Å². The molecule has 0 unspecified atom stereocenters. The van der Waals surface area contributed by atoms with Crippen LogP contribution in [0.1, 0.15) is 53.0 Å². The quantitative estimate of drug-likeness (QED) is 0.174. The van der Waals surface area contributed by atoms with Crippen LogP contribution in [0.25, 0.3) is 0 Å². The first kappa shape index (κ1) is 26.6. The maximum absolute atomic E-state index is 14.1. The van der Waals surface area contributed by atoms with E-state index < -0.39 is 23.7 Å². The van der Waals surface area contributed by atoms with Gasteiger partial charge in [-0.1, -0.05) is 79.7 Å². The van der Waals surface area contributed by atoms with Crippen molar-refractivity contribution < 1.29 is 23.9 Å². The Bertz CT molecular complexity index is 1770. The number of aryl methyl sites for hydroxylation is 1. The SMILES string of the molecule is CCc1ccccc1N1C[C@@H](C(=O)Oc2cccc(N3C(=O)[C@@H]4C5c6ccccc6C(c6ccccc65)[C@@H]4C3=O)c2)CC1=O. The Hall–Kier alpha value is -5.04. The predicted octanol–water partition coefficient (Wildman–Crippen LogP) is 5.60. The van der Waals surface area contributed by atoms with Gasteiger partial charge in [-0.05, 0) is 52.4 Å². The van der Waals surface area contributed by atoms with Crippen molar-refractivity contribution in [2.24, 2.45) is 17.8 Å². The molecule has 7 heteroatoms. The molecule has 2 fully saturated rings. The average molecular weight is 583 g/mol. The molecule has 7 nitrogen and oxygen atoms in total. The summed E-state index contributed by atoms with van der Waals surface area (Å²) in [6.07, 6.45) is 0.837. The van der Waals surface area contributed by atoms with Crippen molar-refractivity contribution in [1.29, 1.82) is 0 Å². The third kappa shape index (κ3) is 3.81. The van der Waals surface area contributed by atoms with Gasteiger partial charge in [0.25, 0.3) is 0 Å². The topological polar surface area (TPSA) is 84.0 Å². The molecule has 2 heterocycles. The molecular formula is C37H30N2O5.